The van der Waals surface area contributed by atoms with E-state index in [1.807, 2.05) is 66.7 Å². The Balaban J connectivity index is 1.43. The largest absolute Gasteiger partial charge is 0.484 e. The van der Waals surface area contributed by atoms with Crippen LogP contribution in [0.25, 0.3) is 21.0 Å². The Morgan fingerprint density at radius 2 is 1.67 bits per heavy atom. The first-order valence-electron chi connectivity index (χ1n) is 10.9. The fraction of sp³-hybridized carbons (Fsp3) is 0.143. The third kappa shape index (κ3) is 4.59. The van der Waals surface area contributed by atoms with Crippen molar-refractivity contribution < 1.29 is 9.53 Å². The number of thiazole rings is 1. The van der Waals surface area contributed by atoms with Crippen LogP contribution in [-0.2, 0) is 11.3 Å². The zero-order valence-corrected chi connectivity index (χ0v) is 19.4. The molecule has 5 aromatic rings. The van der Waals surface area contributed by atoms with Crippen molar-refractivity contribution in [2.24, 2.45) is 0 Å². The monoisotopic (exact) mass is 452 g/mol. The summed E-state index contributed by atoms with van der Waals surface area (Å²) >= 11 is 1.54. The van der Waals surface area contributed by atoms with Gasteiger partial charge < -0.3 is 4.74 Å². The van der Waals surface area contributed by atoms with Crippen LogP contribution in [0.2, 0.25) is 0 Å². The molecule has 4 aromatic carbocycles. The molecule has 0 atom stereocenters. The topological polar surface area (TPSA) is 42.4 Å². The molecule has 0 bridgehead atoms. The molecule has 0 saturated heterocycles. The number of anilines is 1. The third-order valence-corrected chi connectivity index (χ3v) is 6.64. The number of ether oxygens (including phenoxy) is 1. The molecule has 4 nitrogen and oxygen atoms in total. The highest BCUT2D eigenvalue weighted by atomic mass is 32.1. The summed E-state index contributed by atoms with van der Waals surface area (Å²) in [5.41, 5.74) is 4.30. The van der Waals surface area contributed by atoms with Crippen LogP contribution in [-0.4, -0.2) is 17.5 Å². The van der Waals surface area contributed by atoms with Crippen molar-refractivity contribution in [3.05, 3.63) is 102 Å². The predicted molar refractivity (Wildman–Crippen MR) is 136 cm³/mol. The van der Waals surface area contributed by atoms with Gasteiger partial charge in [0.15, 0.2) is 11.7 Å². The van der Waals surface area contributed by atoms with Crippen LogP contribution in [0.4, 0.5) is 5.13 Å². The second-order valence-corrected chi connectivity index (χ2v) is 9.20. The minimum Gasteiger partial charge on any atom is -0.484 e. The Labute approximate surface area is 197 Å². The summed E-state index contributed by atoms with van der Waals surface area (Å²) in [6.07, 6.45) is 0. The first-order valence-corrected chi connectivity index (χ1v) is 11.7. The van der Waals surface area contributed by atoms with Gasteiger partial charge in [-0.2, -0.15) is 0 Å². The smallest absolute Gasteiger partial charge is 0.267 e. The summed E-state index contributed by atoms with van der Waals surface area (Å²) in [5, 5.41) is 2.91. The van der Waals surface area contributed by atoms with E-state index in [-0.39, 0.29) is 12.5 Å². The number of nitrogens with zero attached hydrogens (tertiary/aromatic N) is 2. The van der Waals surface area contributed by atoms with Gasteiger partial charge in [0.2, 0.25) is 0 Å². The number of benzene rings is 4. The van der Waals surface area contributed by atoms with Crippen LogP contribution in [0.5, 0.6) is 5.75 Å². The highest BCUT2D eigenvalue weighted by Gasteiger charge is 2.21. The molecule has 5 rings (SSSR count). The Morgan fingerprint density at radius 1 is 0.909 bits per heavy atom. The number of carbonyl (C=O) groups is 1. The minimum absolute atomic E-state index is 0.0564. The molecule has 0 unspecified atom stereocenters. The van der Waals surface area contributed by atoms with Gasteiger partial charge in [0.05, 0.1) is 16.8 Å². The number of aryl methyl sites for hydroxylation is 2. The summed E-state index contributed by atoms with van der Waals surface area (Å²) in [4.78, 5) is 19.9. The van der Waals surface area contributed by atoms with Crippen LogP contribution < -0.4 is 9.64 Å². The summed E-state index contributed by atoms with van der Waals surface area (Å²) in [6.45, 7) is 4.53. The number of hydrogen-bond acceptors (Lipinski definition) is 4. The van der Waals surface area contributed by atoms with E-state index >= 15 is 0 Å². The van der Waals surface area contributed by atoms with Gasteiger partial charge in [-0.1, -0.05) is 78.1 Å². The molecule has 0 radical (unpaired) electrons. The lowest BCUT2D eigenvalue weighted by atomic mass is 10.1. The average molecular weight is 453 g/mol. The Bertz CT molecular complexity index is 1440. The van der Waals surface area contributed by atoms with Crippen molar-refractivity contribution >= 4 is 43.4 Å². The molecule has 5 heteroatoms. The standard InChI is InChI=1S/C28H24N2O2S/c1-19-14-20(2)27-25(15-19)33-28(29-27)30(17-21-8-4-3-5-9-21)26(31)18-32-24-13-12-22-10-6-7-11-23(22)16-24/h3-16H,17-18H2,1-2H3. The maximum absolute atomic E-state index is 13.4. The molecule has 33 heavy (non-hydrogen) atoms. The van der Waals surface area contributed by atoms with E-state index in [1.54, 1.807) is 16.2 Å². The Morgan fingerprint density at radius 3 is 2.48 bits per heavy atom. The number of carbonyl (C=O) groups excluding carboxylic acids is 1. The Hall–Kier alpha value is -3.70. The van der Waals surface area contributed by atoms with E-state index in [9.17, 15) is 4.79 Å². The molecule has 0 N–H and O–H groups in total. The molecular weight excluding hydrogens is 428 g/mol. The molecule has 1 amide bonds. The SMILES string of the molecule is Cc1cc(C)c2nc(N(Cc3ccccc3)C(=O)COc3ccc4ccccc4c3)sc2c1. The van der Waals surface area contributed by atoms with Gasteiger partial charge in [0.25, 0.3) is 5.91 Å². The van der Waals surface area contributed by atoms with Crippen molar-refractivity contribution in [3.8, 4) is 5.75 Å². The van der Waals surface area contributed by atoms with Crippen LogP contribution in [0.1, 0.15) is 16.7 Å². The van der Waals surface area contributed by atoms with Gasteiger partial charge in [-0.15, -0.1) is 0 Å². The normalized spacial score (nSPS) is 11.1. The molecule has 164 valence electrons. The number of hydrogen-bond donors (Lipinski definition) is 0. The van der Waals surface area contributed by atoms with Crippen molar-refractivity contribution in [1.82, 2.24) is 4.98 Å². The zero-order chi connectivity index (χ0) is 22.8. The maximum Gasteiger partial charge on any atom is 0.267 e. The summed E-state index contributed by atoms with van der Waals surface area (Å²) in [5.74, 6) is 0.554. The number of aromatic nitrogens is 1. The minimum atomic E-state index is -0.125. The van der Waals surface area contributed by atoms with E-state index < -0.39 is 0 Å². The zero-order valence-electron chi connectivity index (χ0n) is 18.6. The quantitative estimate of drug-likeness (QED) is 0.289. The van der Waals surface area contributed by atoms with Crippen molar-refractivity contribution in [2.75, 3.05) is 11.5 Å². The highest BCUT2D eigenvalue weighted by molar-refractivity contribution is 7.22. The lowest BCUT2D eigenvalue weighted by Crippen LogP contribution is -2.34. The van der Waals surface area contributed by atoms with E-state index in [2.05, 4.69) is 32.0 Å². The molecule has 0 saturated carbocycles. The van der Waals surface area contributed by atoms with Gasteiger partial charge in [-0.25, -0.2) is 4.98 Å². The molecular formula is C28H24N2O2S. The average Bonchev–Trinajstić information content (AvgIpc) is 3.25. The van der Waals surface area contributed by atoms with Gasteiger partial charge >= 0.3 is 0 Å². The van der Waals surface area contributed by atoms with E-state index in [4.69, 9.17) is 9.72 Å². The van der Waals surface area contributed by atoms with Gasteiger partial charge in [-0.3, -0.25) is 9.69 Å². The van der Waals surface area contributed by atoms with Gasteiger partial charge in [0, 0.05) is 0 Å². The lowest BCUT2D eigenvalue weighted by molar-refractivity contribution is -0.120. The second-order valence-electron chi connectivity index (χ2n) is 8.19. The summed E-state index contributed by atoms with van der Waals surface area (Å²) in [7, 11) is 0. The molecule has 0 aliphatic heterocycles. The molecule has 1 heterocycles. The van der Waals surface area contributed by atoms with Crippen molar-refractivity contribution in [2.45, 2.75) is 20.4 Å². The third-order valence-electron chi connectivity index (χ3n) is 5.62. The maximum atomic E-state index is 13.4. The highest BCUT2D eigenvalue weighted by Crippen LogP contribution is 2.32. The van der Waals surface area contributed by atoms with E-state index in [1.165, 1.54) is 5.56 Å². The van der Waals surface area contributed by atoms with E-state index in [0.717, 1.165) is 32.1 Å². The number of fused-ring (bicyclic) bond motifs is 2. The fourth-order valence-electron chi connectivity index (χ4n) is 3.98. The second kappa shape index (κ2) is 9.04. The van der Waals surface area contributed by atoms with Crippen molar-refractivity contribution in [3.63, 3.8) is 0 Å². The number of amides is 1. The Kier molecular flexibility index (Phi) is 5.80. The molecule has 0 aliphatic rings. The van der Waals surface area contributed by atoms with Crippen molar-refractivity contribution in [1.29, 1.82) is 0 Å². The van der Waals surface area contributed by atoms with Crippen LogP contribution in [0, 0.1) is 13.8 Å². The van der Waals surface area contributed by atoms with Crippen LogP contribution in [0.15, 0.2) is 84.9 Å². The summed E-state index contributed by atoms with van der Waals surface area (Å²) in [6, 6.07) is 28.2. The molecule has 0 fully saturated rings. The first kappa shape index (κ1) is 21.2. The first-order chi connectivity index (χ1) is 16.1. The molecule has 0 spiro atoms. The van der Waals surface area contributed by atoms with Crippen LogP contribution in [0.3, 0.4) is 0 Å². The van der Waals surface area contributed by atoms with Crippen LogP contribution >= 0.6 is 11.3 Å². The fourth-order valence-corrected chi connectivity index (χ4v) is 5.14. The molecule has 0 aliphatic carbocycles. The molecule has 1 aromatic heterocycles. The number of rotatable bonds is 6. The van der Waals surface area contributed by atoms with Gasteiger partial charge in [0.1, 0.15) is 5.75 Å². The predicted octanol–water partition coefficient (Wildman–Crippen LogP) is 6.68. The van der Waals surface area contributed by atoms with E-state index in [0.29, 0.717) is 17.4 Å². The van der Waals surface area contributed by atoms with Gasteiger partial charge in [-0.05, 0) is 59.5 Å². The summed E-state index contributed by atoms with van der Waals surface area (Å²) < 4.78 is 7.01. The lowest BCUT2D eigenvalue weighted by Gasteiger charge is -2.20.